The summed E-state index contributed by atoms with van der Waals surface area (Å²) in [4.78, 5) is 23.7. The molecule has 0 aliphatic heterocycles. The van der Waals surface area contributed by atoms with Gasteiger partial charge in [0.15, 0.2) is 0 Å². The molecule has 0 aliphatic rings. The van der Waals surface area contributed by atoms with Crippen LogP contribution in [0.2, 0.25) is 0 Å². The van der Waals surface area contributed by atoms with Gasteiger partial charge < -0.3 is 10.6 Å². The zero-order valence-electron chi connectivity index (χ0n) is 14.4. The minimum absolute atomic E-state index is 0.0380. The number of benzene rings is 2. The van der Waals surface area contributed by atoms with Gasteiger partial charge >= 0.3 is 6.18 Å². The predicted octanol–water partition coefficient (Wildman–Crippen LogP) is 4.22. The zero-order chi connectivity index (χ0) is 19.3. The first-order valence-corrected chi connectivity index (χ1v) is 7.96. The lowest BCUT2D eigenvalue weighted by Gasteiger charge is -2.18. The Bertz CT molecular complexity index is 769. The van der Waals surface area contributed by atoms with Crippen molar-refractivity contribution in [2.45, 2.75) is 32.5 Å². The van der Waals surface area contributed by atoms with E-state index in [0.717, 1.165) is 23.3 Å². The van der Waals surface area contributed by atoms with Crippen LogP contribution in [0.25, 0.3) is 0 Å². The van der Waals surface area contributed by atoms with Gasteiger partial charge in [0.2, 0.25) is 11.8 Å². The van der Waals surface area contributed by atoms with Crippen molar-refractivity contribution in [1.82, 2.24) is 5.32 Å². The van der Waals surface area contributed by atoms with Crippen LogP contribution in [-0.2, 0) is 15.8 Å². The number of rotatable bonds is 5. The third kappa shape index (κ3) is 5.61. The van der Waals surface area contributed by atoms with Gasteiger partial charge in [0.25, 0.3) is 0 Å². The highest BCUT2D eigenvalue weighted by molar-refractivity contribution is 5.91. The molecule has 2 N–H and O–H groups in total. The summed E-state index contributed by atoms with van der Waals surface area (Å²) in [5, 5.41) is 5.26. The lowest BCUT2D eigenvalue weighted by molar-refractivity contribution is -0.137. The summed E-state index contributed by atoms with van der Waals surface area (Å²) in [6.07, 6.45) is -4.46. The highest BCUT2D eigenvalue weighted by Crippen LogP contribution is 2.30. The molecule has 0 radical (unpaired) electrons. The summed E-state index contributed by atoms with van der Waals surface area (Å²) in [6, 6.07) is 11.1. The highest BCUT2D eigenvalue weighted by Gasteiger charge is 2.30. The van der Waals surface area contributed by atoms with Crippen LogP contribution in [0.4, 0.5) is 18.9 Å². The van der Waals surface area contributed by atoms with E-state index in [0.29, 0.717) is 0 Å². The lowest BCUT2D eigenvalue weighted by Crippen LogP contribution is -2.29. The van der Waals surface area contributed by atoms with Gasteiger partial charge in [0.05, 0.1) is 18.0 Å². The second kappa shape index (κ2) is 8.03. The molecule has 2 aromatic rings. The second-order valence-electron chi connectivity index (χ2n) is 5.99. The SMILES string of the molecule is CC(=O)NC(CC(=O)Nc1ccc(C(F)(F)F)cc1)c1ccc(C)cc1. The molecule has 0 heterocycles. The molecular formula is C19H19F3N2O2. The second-order valence-corrected chi connectivity index (χ2v) is 5.99. The first-order valence-electron chi connectivity index (χ1n) is 7.96. The molecule has 1 unspecified atom stereocenters. The molecule has 26 heavy (non-hydrogen) atoms. The Morgan fingerprint density at radius 3 is 2.08 bits per heavy atom. The van der Waals surface area contributed by atoms with Gasteiger partial charge in [-0.3, -0.25) is 9.59 Å². The Labute approximate surface area is 149 Å². The molecule has 138 valence electrons. The summed E-state index contributed by atoms with van der Waals surface area (Å²) in [5.41, 5.74) is 1.29. The average molecular weight is 364 g/mol. The number of carbonyl (C=O) groups is 2. The summed E-state index contributed by atoms with van der Waals surface area (Å²) < 4.78 is 37.7. The average Bonchev–Trinajstić information content (AvgIpc) is 2.54. The van der Waals surface area contributed by atoms with Gasteiger partial charge in [-0.2, -0.15) is 13.2 Å². The van der Waals surface area contributed by atoms with E-state index in [-0.39, 0.29) is 18.0 Å². The number of nitrogens with one attached hydrogen (secondary N) is 2. The summed E-state index contributed by atoms with van der Waals surface area (Å²) in [7, 11) is 0. The monoisotopic (exact) mass is 364 g/mol. The Morgan fingerprint density at radius 1 is 1.00 bits per heavy atom. The standard InChI is InChI=1S/C19H19F3N2O2/c1-12-3-5-14(6-4-12)17(23-13(2)25)11-18(26)24-16-9-7-15(8-10-16)19(20,21)22/h3-10,17H,11H2,1-2H3,(H,23,25)(H,24,26). The van der Waals surface area contributed by atoms with E-state index in [1.54, 1.807) is 0 Å². The number of aryl methyl sites for hydroxylation is 1. The van der Waals surface area contributed by atoms with Crippen LogP contribution >= 0.6 is 0 Å². The number of halogens is 3. The van der Waals surface area contributed by atoms with Crippen molar-refractivity contribution in [2.24, 2.45) is 0 Å². The Hall–Kier alpha value is -2.83. The molecule has 0 saturated heterocycles. The molecule has 0 bridgehead atoms. The van der Waals surface area contributed by atoms with Crippen molar-refractivity contribution in [2.75, 3.05) is 5.32 Å². The van der Waals surface area contributed by atoms with E-state index in [1.165, 1.54) is 19.1 Å². The molecule has 0 aliphatic carbocycles. The third-order valence-corrected chi connectivity index (χ3v) is 3.74. The number of alkyl halides is 3. The number of anilines is 1. The van der Waals surface area contributed by atoms with Crippen molar-refractivity contribution in [3.63, 3.8) is 0 Å². The van der Waals surface area contributed by atoms with Crippen LogP contribution in [0, 0.1) is 6.92 Å². The molecule has 1 atom stereocenters. The van der Waals surface area contributed by atoms with Gasteiger partial charge in [0, 0.05) is 12.6 Å². The van der Waals surface area contributed by atoms with Gasteiger partial charge in [-0.15, -0.1) is 0 Å². The van der Waals surface area contributed by atoms with Crippen molar-refractivity contribution in [1.29, 1.82) is 0 Å². The first kappa shape index (κ1) is 19.5. The smallest absolute Gasteiger partial charge is 0.349 e. The van der Waals surface area contributed by atoms with E-state index in [4.69, 9.17) is 0 Å². The fourth-order valence-corrected chi connectivity index (χ4v) is 2.44. The van der Waals surface area contributed by atoms with Crippen molar-refractivity contribution in [3.05, 3.63) is 65.2 Å². The van der Waals surface area contributed by atoms with Crippen LogP contribution in [0.1, 0.15) is 36.1 Å². The molecule has 2 aromatic carbocycles. The molecule has 0 spiro atoms. The predicted molar refractivity (Wildman–Crippen MR) is 92.4 cm³/mol. The topological polar surface area (TPSA) is 58.2 Å². The molecule has 7 heteroatoms. The lowest BCUT2D eigenvalue weighted by atomic mass is 10.0. The molecule has 0 saturated carbocycles. The van der Waals surface area contributed by atoms with Gasteiger partial charge in [-0.25, -0.2) is 0 Å². The van der Waals surface area contributed by atoms with E-state index < -0.39 is 23.7 Å². The zero-order valence-corrected chi connectivity index (χ0v) is 14.4. The van der Waals surface area contributed by atoms with Crippen LogP contribution in [0.5, 0.6) is 0 Å². The molecular weight excluding hydrogens is 345 g/mol. The molecule has 0 fully saturated rings. The highest BCUT2D eigenvalue weighted by atomic mass is 19.4. The molecule has 2 rings (SSSR count). The van der Waals surface area contributed by atoms with E-state index in [9.17, 15) is 22.8 Å². The van der Waals surface area contributed by atoms with E-state index in [1.807, 2.05) is 31.2 Å². The van der Waals surface area contributed by atoms with Crippen molar-refractivity contribution >= 4 is 17.5 Å². The largest absolute Gasteiger partial charge is 0.416 e. The summed E-state index contributed by atoms with van der Waals surface area (Å²) in [5.74, 6) is -0.693. The fraction of sp³-hybridized carbons (Fsp3) is 0.263. The van der Waals surface area contributed by atoms with Gasteiger partial charge in [0.1, 0.15) is 0 Å². The molecule has 2 amide bonds. The molecule has 0 aromatic heterocycles. The maximum atomic E-state index is 12.6. The Balaban J connectivity index is 2.07. The van der Waals surface area contributed by atoms with Crippen molar-refractivity contribution in [3.8, 4) is 0 Å². The minimum Gasteiger partial charge on any atom is -0.349 e. The molecule has 4 nitrogen and oxygen atoms in total. The van der Waals surface area contributed by atoms with Crippen LogP contribution in [0.15, 0.2) is 48.5 Å². The first-order chi connectivity index (χ1) is 12.1. The van der Waals surface area contributed by atoms with Crippen LogP contribution < -0.4 is 10.6 Å². The Kier molecular flexibility index (Phi) is 6.02. The van der Waals surface area contributed by atoms with E-state index in [2.05, 4.69) is 10.6 Å². The van der Waals surface area contributed by atoms with Gasteiger partial charge in [-0.1, -0.05) is 29.8 Å². The number of hydrogen-bond donors (Lipinski definition) is 2. The fourth-order valence-electron chi connectivity index (χ4n) is 2.44. The third-order valence-electron chi connectivity index (χ3n) is 3.74. The summed E-state index contributed by atoms with van der Waals surface area (Å²) >= 11 is 0. The maximum Gasteiger partial charge on any atom is 0.416 e. The summed E-state index contributed by atoms with van der Waals surface area (Å²) in [6.45, 7) is 3.28. The normalized spacial score (nSPS) is 12.3. The quantitative estimate of drug-likeness (QED) is 0.835. The van der Waals surface area contributed by atoms with E-state index >= 15 is 0 Å². The van der Waals surface area contributed by atoms with Crippen LogP contribution in [0.3, 0.4) is 0 Å². The Morgan fingerprint density at radius 2 is 1.58 bits per heavy atom. The number of carbonyl (C=O) groups excluding carboxylic acids is 2. The number of amides is 2. The number of hydrogen-bond acceptors (Lipinski definition) is 2. The minimum atomic E-state index is -4.43. The maximum absolute atomic E-state index is 12.6. The van der Waals surface area contributed by atoms with Crippen LogP contribution in [-0.4, -0.2) is 11.8 Å². The van der Waals surface area contributed by atoms with Crippen molar-refractivity contribution < 1.29 is 22.8 Å². The van der Waals surface area contributed by atoms with Gasteiger partial charge in [-0.05, 0) is 36.8 Å².